The van der Waals surface area contributed by atoms with Gasteiger partial charge in [-0.2, -0.15) is 17.5 Å². The molecular formula is C18H15F3N4O3S. The third-order valence-corrected chi connectivity index (χ3v) is 4.58. The first kappa shape index (κ1) is 20.5. The summed E-state index contributed by atoms with van der Waals surface area (Å²) in [6, 6.07) is 6.04. The van der Waals surface area contributed by atoms with Gasteiger partial charge in [-0.3, -0.25) is 10.1 Å². The summed E-state index contributed by atoms with van der Waals surface area (Å²) >= 11 is 0.953. The molecule has 1 amide bonds. The fourth-order valence-corrected chi connectivity index (χ4v) is 3.09. The van der Waals surface area contributed by atoms with Crippen molar-refractivity contribution in [2.75, 3.05) is 5.32 Å². The minimum atomic E-state index is -4.48. The van der Waals surface area contributed by atoms with Crippen molar-refractivity contribution >= 4 is 28.3 Å². The van der Waals surface area contributed by atoms with E-state index in [4.69, 9.17) is 9.62 Å². The van der Waals surface area contributed by atoms with Crippen LogP contribution in [0.15, 0.2) is 39.9 Å². The number of halogens is 3. The zero-order valence-corrected chi connectivity index (χ0v) is 16.1. The van der Waals surface area contributed by atoms with E-state index in [1.165, 1.54) is 18.2 Å². The number of anilines is 1. The summed E-state index contributed by atoms with van der Waals surface area (Å²) in [4.78, 5) is 16.6. The first-order valence-electron chi connectivity index (χ1n) is 8.27. The molecule has 0 radical (unpaired) electrons. The highest BCUT2D eigenvalue weighted by Crippen LogP contribution is 2.33. The van der Waals surface area contributed by atoms with Crippen molar-refractivity contribution in [3.63, 3.8) is 0 Å². The van der Waals surface area contributed by atoms with Gasteiger partial charge < -0.3 is 9.62 Å². The average Bonchev–Trinajstić information content (AvgIpc) is 3.27. The lowest BCUT2D eigenvalue weighted by Gasteiger charge is -2.07. The smallest absolute Gasteiger partial charge is 0.416 e. The van der Waals surface area contributed by atoms with Crippen molar-refractivity contribution in [2.24, 2.45) is 5.16 Å². The summed E-state index contributed by atoms with van der Waals surface area (Å²) in [7, 11) is 0. The molecule has 0 aliphatic carbocycles. The summed E-state index contributed by atoms with van der Waals surface area (Å²) in [6.07, 6.45) is -4.25. The number of nitrogens with one attached hydrogen (secondary N) is 1. The zero-order chi connectivity index (χ0) is 21.2. The number of hydrogen-bond acceptors (Lipinski definition) is 7. The van der Waals surface area contributed by atoms with Gasteiger partial charge in [0.1, 0.15) is 17.3 Å². The maximum atomic E-state index is 12.9. The molecule has 0 saturated carbocycles. The van der Waals surface area contributed by atoms with Crippen molar-refractivity contribution in [2.45, 2.75) is 26.4 Å². The van der Waals surface area contributed by atoms with Crippen LogP contribution in [0, 0.1) is 6.92 Å². The number of amides is 1. The largest absolute Gasteiger partial charge is 0.461 e. The number of benzene rings is 1. The van der Waals surface area contributed by atoms with Crippen LogP contribution in [0.5, 0.6) is 0 Å². The fraction of sp³-hybridized carbons (Fsp3) is 0.222. The molecular weight excluding hydrogens is 409 g/mol. The zero-order valence-electron chi connectivity index (χ0n) is 15.2. The monoisotopic (exact) mass is 424 g/mol. The minimum Gasteiger partial charge on any atom is -0.461 e. The Morgan fingerprint density at radius 2 is 2.10 bits per heavy atom. The standard InChI is InChI=1S/C18H15F3N4O3S/c1-9(24-27)6-15-22-17(29-25-15)23-16(26)13-8-14(28-10(13)2)11-4-3-5-12(7-11)18(19,20)21/h3-5,7-8,27H,6H2,1-2H3,(H,22,23,25,26)/b24-9+. The molecule has 0 fully saturated rings. The maximum absolute atomic E-state index is 12.9. The van der Waals surface area contributed by atoms with E-state index >= 15 is 0 Å². The van der Waals surface area contributed by atoms with Gasteiger partial charge >= 0.3 is 6.18 Å². The van der Waals surface area contributed by atoms with Crippen LogP contribution in [0.2, 0.25) is 0 Å². The molecule has 0 saturated heterocycles. The van der Waals surface area contributed by atoms with Crippen LogP contribution in [0.25, 0.3) is 11.3 Å². The quantitative estimate of drug-likeness (QED) is 0.349. The maximum Gasteiger partial charge on any atom is 0.416 e. The molecule has 2 aromatic heterocycles. The van der Waals surface area contributed by atoms with Crippen molar-refractivity contribution in [3.8, 4) is 11.3 Å². The lowest BCUT2D eigenvalue weighted by molar-refractivity contribution is -0.137. The summed E-state index contributed by atoms with van der Waals surface area (Å²) < 4.78 is 48.3. The molecule has 7 nitrogen and oxygen atoms in total. The number of carbonyl (C=O) groups excluding carboxylic acids is 1. The first-order valence-corrected chi connectivity index (χ1v) is 9.04. The van der Waals surface area contributed by atoms with Crippen LogP contribution >= 0.6 is 11.5 Å². The molecule has 2 N–H and O–H groups in total. The second-order valence-corrected chi connectivity index (χ2v) is 6.89. The van der Waals surface area contributed by atoms with Crippen LogP contribution in [-0.2, 0) is 12.6 Å². The number of aromatic nitrogens is 2. The molecule has 3 aromatic rings. The Kier molecular flexibility index (Phi) is 5.69. The second-order valence-electron chi connectivity index (χ2n) is 6.14. The van der Waals surface area contributed by atoms with Crippen molar-refractivity contribution in [1.82, 2.24) is 9.36 Å². The Balaban J connectivity index is 1.79. The molecule has 0 aliphatic rings. The summed E-state index contributed by atoms with van der Waals surface area (Å²) in [5.74, 6) is 0.253. The van der Waals surface area contributed by atoms with Gasteiger partial charge in [0.25, 0.3) is 5.91 Å². The Bertz CT molecular complexity index is 1070. The molecule has 0 aliphatic heterocycles. The van der Waals surface area contributed by atoms with Gasteiger partial charge in [0.05, 0.1) is 23.3 Å². The second kappa shape index (κ2) is 8.03. The Labute approximate surface area is 167 Å². The number of alkyl halides is 3. The molecule has 3 rings (SSSR count). The Morgan fingerprint density at radius 3 is 2.79 bits per heavy atom. The van der Waals surface area contributed by atoms with Crippen LogP contribution < -0.4 is 5.32 Å². The molecule has 0 bridgehead atoms. The van der Waals surface area contributed by atoms with Gasteiger partial charge in [0.2, 0.25) is 5.13 Å². The number of nitrogens with zero attached hydrogens (tertiary/aromatic N) is 3. The number of oxime groups is 1. The van der Waals surface area contributed by atoms with Crippen LogP contribution in [-0.4, -0.2) is 26.2 Å². The van der Waals surface area contributed by atoms with Gasteiger partial charge in [-0.15, -0.1) is 0 Å². The lowest BCUT2D eigenvalue weighted by atomic mass is 10.1. The van der Waals surface area contributed by atoms with Gasteiger partial charge in [0.15, 0.2) is 0 Å². The van der Waals surface area contributed by atoms with E-state index in [9.17, 15) is 18.0 Å². The lowest BCUT2D eigenvalue weighted by Crippen LogP contribution is -2.12. The number of aryl methyl sites for hydroxylation is 1. The van der Waals surface area contributed by atoms with Crippen molar-refractivity contribution in [1.29, 1.82) is 0 Å². The topological polar surface area (TPSA) is 101 Å². The fourth-order valence-electron chi connectivity index (χ4n) is 2.50. The van der Waals surface area contributed by atoms with Crippen LogP contribution in [0.4, 0.5) is 18.3 Å². The molecule has 11 heteroatoms. The average molecular weight is 424 g/mol. The molecule has 0 unspecified atom stereocenters. The van der Waals surface area contributed by atoms with E-state index in [-0.39, 0.29) is 34.2 Å². The van der Waals surface area contributed by atoms with E-state index < -0.39 is 17.6 Å². The molecule has 1 aromatic carbocycles. The van der Waals surface area contributed by atoms with Gasteiger partial charge in [-0.25, -0.2) is 4.98 Å². The number of furan rings is 1. The van der Waals surface area contributed by atoms with Gasteiger partial charge in [0, 0.05) is 17.1 Å². The summed E-state index contributed by atoms with van der Waals surface area (Å²) in [6.45, 7) is 3.14. The third-order valence-electron chi connectivity index (χ3n) is 3.91. The summed E-state index contributed by atoms with van der Waals surface area (Å²) in [5, 5.41) is 14.5. The SMILES string of the molecule is C/C(Cc1nsc(NC(=O)c2cc(-c3cccc(C(F)(F)F)c3)oc2C)n1)=N\O. The molecule has 29 heavy (non-hydrogen) atoms. The van der Waals surface area contributed by atoms with E-state index in [1.807, 2.05) is 0 Å². The van der Waals surface area contributed by atoms with Crippen molar-refractivity contribution < 1.29 is 27.6 Å². The predicted molar refractivity (Wildman–Crippen MR) is 100 cm³/mol. The first-order chi connectivity index (χ1) is 13.7. The van der Waals surface area contributed by atoms with E-state index in [0.717, 1.165) is 23.7 Å². The highest BCUT2D eigenvalue weighted by Gasteiger charge is 2.30. The normalized spacial score (nSPS) is 12.2. The third kappa shape index (κ3) is 4.80. The van der Waals surface area contributed by atoms with Crippen LogP contribution in [0.1, 0.15) is 34.4 Å². The van der Waals surface area contributed by atoms with E-state index in [2.05, 4.69) is 19.8 Å². The minimum absolute atomic E-state index is 0.145. The van der Waals surface area contributed by atoms with E-state index in [1.54, 1.807) is 13.8 Å². The van der Waals surface area contributed by atoms with Crippen molar-refractivity contribution in [3.05, 3.63) is 53.0 Å². The van der Waals surface area contributed by atoms with Gasteiger partial charge in [-0.05, 0) is 32.0 Å². The Hall–Kier alpha value is -3.21. The number of hydrogen-bond donors (Lipinski definition) is 2. The summed E-state index contributed by atoms with van der Waals surface area (Å²) in [5.41, 5.74) is -0.0172. The Morgan fingerprint density at radius 1 is 1.34 bits per heavy atom. The predicted octanol–water partition coefficient (Wildman–Crippen LogP) is 4.77. The van der Waals surface area contributed by atoms with E-state index in [0.29, 0.717) is 11.5 Å². The highest BCUT2D eigenvalue weighted by molar-refractivity contribution is 7.09. The number of carbonyl (C=O) groups is 1. The number of rotatable bonds is 5. The highest BCUT2D eigenvalue weighted by atomic mass is 32.1. The van der Waals surface area contributed by atoms with Crippen LogP contribution in [0.3, 0.4) is 0 Å². The molecule has 152 valence electrons. The molecule has 0 atom stereocenters. The van der Waals surface area contributed by atoms with Gasteiger partial charge in [-0.1, -0.05) is 17.3 Å². The molecule has 0 spiro atoms. The molecule has 2 heterocycles.